The Hall–Kier alpha value is -1.61. The molecule has 0 aliphatic rings. The highest BCUT2D eigenvalue weighted by Crippen LogP contribution is 2.22. The molecule has 0 N–H and O–H groups in total. The van der Waals surface area contributed by atoms with E-state index in [9.17, 15) is 4.79 Å². The standard InChI is InChI=1S/C12H11ClN2O/c1-15(2)12(16)10-7-9(13)6-8-4-3-5-14-11(8)10/h3-7H,1-2H3. The second-order valence-electron chi connectivity index (χ2n) is 3.73. The van der Waals surface area contributed by atoms with Crippen molar-refractivity contribution in [2.75, 3.05) is 14.1 Å². The number of benzene rings is 1. The Morgan fingerprint density at radius 3 is 2.81 bits per heavy atom. The van der Waals surface area contributed by atoms with Crippen molar-refractivity contribution >= 4 is 28.4 Å². The Bertz CT molecular complexity index is 552. The molecule has 3 nitrogen and oxygen atoms in total. The van der Waals surface area contributed by atoms with Crippen LogP contribution in [0.3, 0.4) is 0 Å². The van der Waals surface area contributed by atoms with Gasteiger partial charge < -0.3 is 4.90 Å². The van der Waals surface area contributed by atoms with Crippen molar-refractivity contribution in [3.05, 3.63) is 41.0 Å². The van der Waals surface area contributed by atoms with Gasteiger partial charge in [-0.2, -0.15) is 0 Å². The zero-order chi connectivity index (χ0) is 11.7. The van der Waals surface area contributed by atoms with Gasteiger partial charge in [-0.15, -0.1) is 0 Å². The summed E-state index contributed by atoms with van der Waals surface area (Å²) in [6.45, 7) is 0. The second kappa shape index (κ2) is 4.10. The van der Waals surface area contributed by atoms with Gasteiger partial charge in [-0.1, -0.05) is 17.7 Å². The zero-order valence-electron chi connectivity index (χ0n) is 9.07. The van der Waals surface area contributed by atoms with E-state index >= 15 is 0 Å². The number of pyridine rings is 1. The molecule has 0 saturated heterocycles. The van der Waals surface area contributed by atoms with Crippen LogP contribution in [0.15, 0.2) is 30.5 Å². The lowest BCUT2D eigenvalue weighted by atomic mass is 10.1. The van der Waals surface area contributed by atoms with E-state index in [2.05, 4.69) is 4.98 Å². The Labute approximate surface area is 98.7 Å². The minimum absolute atomic E-state index is 0.0915. The number of hydrogen-bond donors (Lipinski definition) is 0. The van der Waals surface area contributed by atoms with Crippen LogP contribution in [0.2, 0.25) is 5.02 Å². The predicted octanol–water partition coefficient (Wildman–Crippen LogP) is 2.59. The van der Waals surface area contributed by atoms with Gasteiger partial charge in [0.2, 0.25) is 0 Å². The summed E-state index contributed by atoms with van der Waals surface area (Å²) in [5, 5.41) is 1.42. The molecule has 82 valence electrons. The number of halogens is 1. The number of hydrogen-bond acceptors (Lipinski definition) is 2. The van der Waals surface area contributed by atoms with Crippen molar-refractivity contribution in [1.29, 1.82) is 0 Å². The number of carbonyl (C=O) groups is 1. The Morgan fingerprint density at radius 2 is 2.12 bits per heavy atom. The van der Waals surface area contributed by atoms with E-state index in [4.69, 9.17) is 11.6 Å². The lowest BCUT2D eigenvalue weighted by molar-refractivity contribution is 0.0829. The first kappa shape index (κ1) is 10.9. The van der Waals surface area contributed by atoms with Crippen LogP contribution in [0.1, 0.15) is 10.4 Å². The molecule has 0 unspecified atom stereocenters. The van der Waals surface area contributed by atoms with Crippen LogP contribution in [0.4, 0.5) is 0 Å². The molecule has 0 bridgehead atoms. The zero-order valence-corrected chi connectivity index (χ0v) is 9.82. The topological polar surface area (TPSA) is 33.2 Å². The summed E-state index contributed by atoms with van der Waals surface area (Å²) in [7, 11) is 3.41. The van der Waals surface area contributed by atoms with Crippen LogP contribution >= 0.6 is 11.6 Å². The third-order valence-corrected chi connectivity index (χ3v) is 2.52. The van der Waals surface area contributed by atoms with Gasteiger partial charge in [0.05, 0.1) is 11.1 Å². The van der Waals surface area contributed by atoms with E-state index in [-0.39, 0.29) is 5.91 Å². The van der Waals surface area contributed by atoms with Crippen molar-refractivity contribution in [1.82, 2.24) is 9.88 Å². The van der Waals surface area contributed by atoms with Gasteiger partial charge in [-0.05, 0) is 18.2 Å². The van der Waals surface area contributed by atoms with Gasteiger partial charge in [-0.3, -0.25) is 9.78 Å². The molecular formula is C12H11ClN2O. The van der Waals surface area contributed by atoms with Gasteiger partial charge in [0.15, 0.2) is 0 Å². The maximum absolute atomic E-state index is 11.9. The Morgan fingerprint density at radius 1 is 1.38 bits per heavy atom. The number of rotatable bonds is 1. The third-order valence-electron chi connectivity index (χ3n) is 2.31. The van der Waals surface area contributed by atoms with E-state index in [0.29, 0.717) is 16.1 Å². The minimum atomic E-state index is -0.0915. The van der Waals surface area contributed by atoms with Crippen molar-refractivity contribution in [3.8, 4) is 0 Å². The van der Waals surface area contributed by atoms with Crippen LogP contribution in [-0.2, 0) is 0 Å². The molecule has 0 radical (unpaired) electrons. The fraction of sp³-hybridized carbons (Fsp3) is 0.167. The summed E-state index contributed by atoms with van der Waals surface area (Å²) in [4.78, 5) is 17.7. The number of nitrogens with zero attached hydrogens (tertiary/aromatic N) is 2. The van der Waals surface area contributed by atoms with Crippen LogP contribution in [0, 0.1) is 0 Å². The highest BCUT2D eigenvalue weighted by atomic mass is 35.5. The van der Waals surface area contributed by atoms with Gasteiger partial charge in [0.25, 0.3) is 5.91 Å². The quantitative estimate of drug-likeness (QED) is 0.760. The molecule has 2 aromatic rings. The smallest absolute Gasteiger partial charge is 0.255 e. The maximum atomic E-state index is 11.9. The van der Waals surface area contributed by atoms with Crippen molar-refractivity contribution < 1.29 is 4.79 Å². The van der Waals surface area contributed by atoms with Crippen LogP contribution in [0.5, 0.6) is 0 Å². The molecular weight excluding hydrogens is 224 g/mol. The van der Waals surface area contributed by atoms with Crippen LogP contribution in [-0.4, -0.2) is 29.9 Å². The monoisotopic (exact) mass is 234 g/mol. The number of amides is 1. The van der Waals surface area contributed by atoms with E-state index in [1.165, 1.54) is 4.90 Å². The molecule has 16 heavy (non-hydrogen) atoms. The Balaban J connectivity index is 2.72. The largest absolute Gasteiger partial charge is 0.345 e. The molecule has 0 atom stereocenters. The summed E-state index contributed by atoms with van der Waals surface area (Å²) in [5.74, 6) is -0.0915. The predicted molar refractivity (Wildman–Crippen MR) is 64.8 cm³/mol. The molecule has 0 spiro atoms. The number of aromatic nitrogens is 1. The summed E-state index contributed by atoms with van der Waals surface area (Å²) in [6.07, 6.45) is 1.67. The maximum Gasteiger partial charge on any atom is 0.255 e. The highest BCUT2D eigenvalue weighted by molar-refractivity contribution is 6.32. The number of carbonyl (C=O) groups excluding carboxylic acids is 1. The Kier molecular flexibility index (Phi) is 2.79. The fourth-order valence-electron chi connectivity index (χ4n) is 1.56. The van der Waals surface area contributed by atoms with E-state index < -0.39 is 0 Å². The summed E-state index contributed by atoms with van der Waals surface area (Å²) in [5.41, 5.74) is 1.22. The van der Waals surface area contributed by atoms with Crippen molar-refractivity contribution in [3.63, 3.8) is 0 Å². The number of fused-ring (bicyclic) bond motifs is 1. The first-order valence-electron chi connectivity index (χ1n) is 4.85. The third kappa shape index (κ3) is 1.86. The van der Waals surface area contributed by atoms with Gasteiger partial charge in [0, 0.05) is 30.7 Å². The highest BCUT2D eigenvalue weighted by Gasteiger charge is 2.13. The van der Waals surface area contributed by atoms with Gasteiger partial charge >= 0.3 is 0 Å². The molecule has 0 fully saturated rings. The normalized spacial score (nSPS) is 10.4. The van der Waals surface area contributed by atoms with Gasteiger partial charge in [-0.25, -0.2) is 0 Å². The molecule has 1 amide bonds. The molecule has 1 aromatic heterocycles. The van der Waals surface area contributed by atoms with Crippen LogP contribution < -0.4 is 0 Å². The van der Waals surface area contributed by atoms with E-state index in [1.807, 2.05) is 12.1 Å². The van der Waals surface area contributed by atoms with Crippen LogP contribution in [0.25, 0.3) is 10.9 Å². The van der Waals surface area contributed by atoms with E-state index in [0.717, 1.165) is 5.39 Å². The summed E-state index contributed by atoms with van der Waals surface area (Å²) < 4.78 is 0. The SMILES string of the molecule is CN(C)C(=O)c1cc(Cl)cc2cccnc12. The first-order chi connectivity index (χ1) is 7.59. The van der Waals surface area contributed by atoms with E-state index in [1.54, 1.807) is 32.4 Å². The molecule has 1 heterocycles. The lowest BCUT2D eigenvalue weighted by Gasteiger charge is -2.12. The summed E-state index contributed by atoms with van der Waals surface area (Å²) in [6, 6.07) is 7.17. The minimum Gasteiger partial charge on any atom is -0.345 e. The van der Waals surface area contributed by atoms with Crippen molar-refractivity contribution in [2.24, 2.45) is 0 Å². The molecule has 1 aromatic carbocycles. The first-order valence-corrected chi connectivity index (χ1v) is 5.23. The summed E-state index contributed by atoms with van der Waals surface area (Å²) >= 11 is 5.97. The van der Waals surface area contributed by atoms with Crippen molar-refractivity contribution in [2.45, 2.75) is 0 Å². The molecule has 4 heteroatoms. The molecule has 0 aliphatic heterocycles. The fourth-order valence-corrected chi connectivity index (χ4v) is 1.79. The molecule has 2 rings (SSSR count). The molecule has 0 saturated carbocycles. The second-order valence-corrected chi connectivity index (χ2v) is 4.16. The lowest BCUT2D eigenvalue weighted by Crippen LogP contribution is -2.22. The van der Waals surface area contributed by atoms with Gasteiger partial charge in [0.1, 0.15) is 0 Å². The molecule has 0 aliphatic carbocycles. The average Bonchev–Trinajstić information content (AvgIpc) is 2.26. The average molecular weight is 235 g/mol.